The Bertz CT molecular complexity index is 1200. The van der Waals surface area contributed by atoms with Crippen molar-refractivity contribution in [1.29, 1.82) is 5.26 Å². The maximum absolute atomic E-state index is 12.7. The summed E-state index contributed by atoms with van der Waals surface area (Å²) < 4.78 is 7.55. The van der Waals surface area contributed by atoms with E-state index in [4.69, 9.17) is 14.7 Å². The van der Waals surface area contributed by atoms with Crippen LogP contribution in [0.5, 0.6) is 0 Å². The second kappa shape index (κ2) is 9.03. The molecule has 0 saturated carbocycles. The molecule has 1 N–H and O–H groups in total. The number of nitrogens with zero attached hydrogens (tertiary/aromatic N) is 7. The van der Waals surface area contributed by atoms with E-state index in [1.54, 1.807) is 18.5 Å². The van der Waals surface area contributed by atoms with E-state index >= 15 is 0 Å². The Balaban J connectivity index is 1.40. The number of fused-ring (bicyclic) bond motifs is 1. The molecule has 2 saturated heterocycles. The molecular formula is C23H26N8O2. The van der Waals surface area contributed by atoms with E-state index < -0.39 is 0 Å². The number of piperazine rings is 1. The maximum atomic E-state index is 12.7. The van der Waals surface area contributed by atoms with Crippen molar-refractivity contribution in [3.8, 4) is 6.07 Å². The molecule has 1 amide bonds. The lowest BCUT2D eigenvalue weighted by Crippen LogP contribution is -2.51. The molecule has 0 unspecified atom stereocenters. The minimum atomic E-state index is -0.289. The molecule has 33 heavy (non-hydrogen) atoms. The number of hydrogen-bond acceptors (Lipinski definition) is 8. The van der Waals surface area contributed by atoms with E-state index in [-0.39, 0.29) is 12.0 Å². The van der Waals surface area contributed by atoms with Gasteiger partial charge in [0.1, 0.15) is 6.10 Å². The molecule has 170 valence electrons. The molecule has 0 aliphatic carbocycles. The van der Waals surface area contributed by atoms with Gasteiger partial charge in [-0.05, 0) is 38.0 Å². The summed E-state index contributed by atoms with van der Waals surface area (Å²) in [7, 11) is 0. The number of aromatic nitrogens is 4. The van der Waals surface area contributed by atoms with Crippen LogP contribution >= 0.6 is 0 Å². The molecule has 1 atom stereocenters. The van der Waals surface area contributed by atoms with E-state index in [9.17, 15) is 10.1 Å². The number of nitrogens with one attached hydrogen (secondary N) is 1. The summed E-state index contributed by atoms with van der Waals surface area (Å²) in [6.07, 6.45) is 3.23. The summed E-state index contributed by atoms with van der Waals surface area (Å²) in [5.41, 5.74) is 2.75. The van der Waals surface area contributed by atoms with Crippen molar-refractivity contribution in [3.05, 3.63) is 36.2 Å². The monoisotopic (exact) mass is 446 g/mol. The fourth-order valence-corrected chi connectivity index (χ4v) is 4.30. The lowest BCUT2D eigenvalue weighted by molar-refractivity contribution is -0.141. The van der Waals surface area contributed by atoms with Gasteiger partial charge >= 0.3 is 0 Å². The number of nitriles is 1. The largest absolute Gasteiger partial charge is 0.368 e. The van der Waals surface area contributed by atoms with Crippen LogP contribution in [0, 0.1) is 11.3 Å². The van der Waals surface area contributed by atoms with Gasteiger partial charge in [0.25, 0.3) is 5.91 Å². The quantitative estimate of drug-likeness (QED) is 0.635. The van der Waals surface area contributed by atoms with Gasteiger partial charge in [-0.15, -0.1) is 0 Å². The van der Waals surface area contributed by atoms with E-state index in [0.717, 1.165) is 30.7 Å². The minimum absolute atomic E-state index is 0.0901. The van der Waals surface area contributed by atoms with Crippen molar-refractivity contribution in [2.24, 2.45) is 0 Å². The van der Waals surface area contributed by atoms with Crippen molar-refractivity contribution in [2.75, 3.05) is 43.0 Å². The highest BCUT2D eigenvalue weighted by Gasteiger charge is 2.31. The molecule has 5 rings (SSSR count). The van der Waals surface area contributed by atoms with Crippen molar-refractivity contribution in [1.82, 2.24) is 24.4 Å². The summed E-state index contributed by atoms with van der Waals surface area (Å²) in [6.45, 7) is 5.96. The van der Waals surface area contributed by atoms with Crippen molar-refractivity contribution in [2.45, 2.75) is 32.4 Å². The molecule has 0 radical (unpaired) electrons. The number of carbonyl (C=O) groups excluding carboxylic acids is 1. The molecular weight excluding hydrogens is 420 g/mol. The highest BCUT2D eigenvalue weighted by atomic mass is 16.5. The zero-order chi connectivity index (χ0) is 22.8. The number of benzene rings is 1. The maximum Gasteiger partial charge on any atom is 0.251 e. The number of anilines is 3. The van der Waals surface area contributed by atoms with Gasteiger partial charge in [0, 0.05) is 45.0 Å². The summed E-state index contributed by atoms with van der Waals surface area (Å²) in [6, 6.07) is 9.41. The number of hydrogen-bond donors (Lipinski definition) is 1. The zero-order valence-electron chi connectivity index (χ0n) is 18.6. The van der Waals surface area contributed by atoms with Gasteiger partial charge < -0.3 is 24.4 Å². The van der Waals surface area contributed by atoms with E-state index in [2.05, 4.69) is 21.3 Å². The van der Waals surface area contributed by atoms with Gasteiger partial charge in [0.15, 0.2) is 17.0 Å². The second-order valence-corrected chi connectivity index (χ2v) is 8.21. The van der Waals surface area contributed by atoms with Crippen LogP contribution in [0.2, 0.25) is 0 Å². The molecule has 2 aliphatic heterocycles. The summed E-state index contributed by atoms with van der Waals surface area (Å²) in [5, 5.41) is 12.5. The Labute approximate surface area is 191 Å². The molecule has 2 aromatic heterocycles. The van der Waals surface area contributed by atoms with Crippen molar-refractivity contribution >= 4 is 34.5 Å². The Morgan fingerprint density at radius 3 is 2.85 bits per heavy atom. The van der Waals surface area contributed by atoms with Gasteiger partial charge in [0.2, 0.25) is 5.95 Å². The van der Waals surface area contributed by atoms with Gasteiger partial charge in [-0.1, -0.05) is 6.07 Å². The normalized spacial score (nSPS) is 18.5. The molecule has 2 aliphatic rings. The highest BCUT2D eigenvalue weighted by Crippen LogP contribution is 2.27. The molecule has 10 heteroatoms. The number of imidazole rings is 1. The summed E-state index contributed by atoms with van der Waals surface area (Å²) in [5.74, 6) is 1.28. The topological polar surface area (TPSA) is 112 Å². The smallest absolute Gasteiger partial charge is 0.251 e. The molecule has 0 bridgehead atoms. The van der Waals surface area contributed by atoms with Crippen LogP contribution in [-0.2, 0) is 16.1 Å². The first kappa shape index (κ1) is 21.2. The number of aryl methyl sites for hydroxylation is 1. The summed E-state index contributed by atoms with van der Waals surface area (Å²) in [4.78, 5) is 30.8. The van der Waals surface area contributed by atoms with Crippen LogP contribution < -0.4 is 10.2 Å². The zero-order valence-corrected chi connectivity index (χ0v) is 18.6. The lowest BCUT2D eigenvalue weighted by atomic mass is 10.2. The SMILES string of the molecule is CCn1cnc2c(Nc3cccc(C#N)c3)nc(N3CCN(C(=O)[C@@H]4CCCO4)CC3)nc21. The van der Waals surface area contributed by atoms with E-state index in [1.165, 1.54) is 0 Å². The first-order valence-corrected chi connectivity index (χ1v) is 11.3. The fraction of sp³-hybridized carbons (Fsp3) is 0.435. The highest BCUT2D eigenvalue weighted by molar-refractivity contribution is 5.87. The molecule has 4 heterocycles. The first-order valence-electron chi connectivity index (χ1n) is 11.3. The molecule has 3 aromatic rings. The number of ether oxygens (including phenoxy) is 1. The summed E-state index contributed by atoms with van der Waals surface area (Å²) >= 11 is 0. The molecule has 1 aromatic carbocycles. The van der Waals surface area contributed by atoms with Crippen molar-refractivity contribution in [3.63, 3.8) is 0 Å². The van der Waals surface area contributed by atoms with Gasteiger partial charge in [0.05, 0.1) is 18.0 Å². The minimum Gasteiger partial charge on any atom is -0.368 e. The lowest BCUT2D eigenvalue weighted by Gasteiger charge is -2.35. The van der Waals surface area contributed by atoms with Crippen LogP contribution in [0.4, 0.5) is 17.5 Å². The number of rotatable bonds is 5. The Morgan fingerprint density at radius 1 is 1.27 bits per heavy atom. The van der Waals surface area contributed by atoms with Crippen LogP contribution in [0.1, 0.15) is 25.3 Å². The van der Waals surface area contributed by atoms with Crippen LogP contribution in [0.25, 0.3) is 11.2 Å². The predicted molar refractivity (Wildman–Crippen MR) is 123 cm³/mol. The first-order chi connectivity index (χ1) is 16.2. The predicted octanol–water partition coefficient (Wildman–Crippen LogP) is 2.29. The fourth-order valence-electron chi connectivity index (χ4n) is 4.30. The average Bonchev–Trinajstić information content (AvgIpc) is 3.54. The average molecular weight is 447 g/mol. The van der Waals surface area contributed by atoms with Crippen LogP contribution in [0.3, 0.4) is 0 Å². The third kappa shape index (κ3) is 4.19. The Hall–Kier alpha value is -3.71. The Kier molecular flexibility index (Phi) is 5.79. The Morgan fingerprint density at radius 2 is 2.12 bits per heavy atom. The van der Waals surface area contributed by atoms with Crippen molar-refractivity contribution < 1.29 is 9.53 Å². The van der Waals surface area contributed by atoms with Gasteiger partial charge in [-0.2, -0.15) is 15.2 Å². The van der Waals surface area contributed by atoms with Gasteiger partial charge in [-0.25, -0.2) is 4.98 Å². The molecule has 10 nitrogen and oxygen atoms in total. The molecule has 2 fully saturated rings. The van der Waals surface area contributed by atoms with Crippen LogP contribution in [-0.4, -0.2) is 69.2 Å². The third-order valence-electron chi connectivity index (χ3n) is 6.13. The standard InChI is InChI=1S/C23H26N8O2/c1-2-29-15-25-19-20(26-17-6-3-5-16(13-17)14-24)27-23(28-21(19)29)31-10-8-30(9-11-31)22(32)18-7-4-12-33-18/h3,5-6,13,15,18H,2,4,7-12H2,1H3,(H,26,27,28)/t18-/m0/s1. The second-order valence-electron chi connectivity index (χ2n) is 8.21. The van der Waals surface area contributed by atoms with E-state index in [0.29, 0.717) is 55.6 Å². The van der Waals surface area contributed by atoms with Gasteiger partial charge in [-0.3, -0.25) is 4.79 Å². The number of carbonyl (C=O) groups is 1. The number of amides is 1. The van der Waals surface area contributed by atoms with E-state index in [1.807, 2.05) is 28.5 Å². The third-order valence-corrected chi connectivity index (χ3v) is 6.13. The van der Waals surface area contributed by atoms with Crippen LogP contribution in [0.15, 0.2) is 30.6 Å². The molecule has 0 spiro atoms.